The van der Waals surface area contributed by atoms with Gasteiger partial charge in [-0.15, -0.1) is 5.10 Å². The normalized spacial score (nSPS) is 15.9. The quantitative estimate of drug-likeness (QED) is 0.861. The number of hydrogen-bond donors (Lipinski definition) is 2. The molecule has 0 aliphatic carbocycles. The fraction of sp³-hybridized carbons (Fsp3) is 0.385. The highest BCUT2D eigenvalue weighted by Crippen LogP contribution is 2.18. The lowest BCUT2D eigenvalue weighted by molar-refractivity contribution is 0.193. The Kier molecular flexibility index (Phi) is 3.67. The molecule has 21 heavy (non-hydrogen) atoms. The van der Waals surface area contributed by atoms with E-state index in [4.69, 9.17) is 5.73 Å². The Morgan fingerprint density at radius 2 is 1.95 bits per heavy atom. The second-order valence-corrected chi connectivity index (χ2v) is 5.05. The van der Waals surface area contributed by atoms with Crippen LogP contribution < -0.4 is 11.1 Å². The zero-order chi connectivity index (χ0) is 14.7. The van der Waals surface area contributed by atoms with E-state index in [-0.39, 0.29) is 6.03 Å². The van der Waals surface area contributed by atoms with Crippen molar-refractivity contribution in [1.82, 2.24) is 25.1 Å². The van der Waals surface area contributed by atoms with Gasteiger partial charge < -0.3 is 16.0 Å². The molecule has 3 N–H and O–H groups in total. The highest BCUT2D eigenvalue weighted by Gasteiger charge is 2.20. The predicted molar refractivity (Wildman–Crippen MR) is 77.0 cm³/mol. The average Bonchev–Trinajstić information content (AvgIpc) is 3.03. The second kappa shape index (κ2) is 5.78. The molecule has 1 aromatic heterocycles. The number of hydrogen-bond acceptors (Lipinski definition) is 5. The maximum Gasteiger partial charge on any atom is 0.314 e. The summed E-state index contributed by atoms with van der Waals surface area (Å²) in [5.41, 5.74) is 7.23. The third-order valence-electron chi connectivity index (χ3n) is 3.66. The van der Waals surface area contributed by atoms with Gasteiger partial charge in [0.1, 0.15) is 6.33 Å². The highest BCUT2D eigenvalue weighted by molar-refractivity contribution is 5.72. The molecule has 0 spiro atoms. The van der Waals surface area contributed by atoms with E-state index < -0.39 is 0 Å². The van der Waals surface area contributed by atoms with Gasteiger partial charge in [-0.1, -0.05) is 0 Å². The van der Waals surface area contributed by atoms with Gasteiger partial charge >= 0.3 is 6.03 Å². The van der Waals surface area contributed by atoms with Crippen LogP contribution in [0.15, 0.2) is 30.6 Å². The van der Waals surface area contributed by atoms with E-state index >= 15 is 0 Å². The number of amides is 2. The standard InChI is InChI=1S/C13H17N7O/c14-13(21)19-7-5-11(6-8-19)16-10-1-3-12(4-2-10)20-9-15-17-18-20/h1-4,9,11,16H,5-8H2,(H2,14,21). The number of benzene rings is 1. The second-order valence-electron chi connectivity index (χ2n) is 5.05. The number of piperidine rings is 1. The number of anilines is 1. The van der Waals surface area contributed by atoms with E-state index in [1.807, 2.05) is 24.3 Å². The Labute approximate surface area is 121 Å². The van der Waals surface area contributed by atoms with Crippen molar-refractivity contribution in [3.8, 4) is 5.69 Å². The summed E-state index contributed by atoms with van der Waals surface area (Å²) >= 11 is 0. The Bertz CT molecular complexity index is 587. The minimum Gasteiger partial charge on any atom is -0.382 e. The van der Waals surface area contributed by atoms with Crippen LogP contribution in [0.3, 0.4) is 0 Å². The third-order valence-corrected chi connectivity index (χ3v) is 3.66. The smallest absolute Gasteiger partial charge is 0.314 e. The zero-order valence-electron chi connectivity index (χ0n) is 11.5. The summed E-state index contributed by atoms with van der Waals surface area (Å²) in [5.74, 6) is 0. The van der Waals surface area contributed by atoms with Crippen LogP contribution in [-0.4, -0.2) is 50.3 Å². The minimum atomic E-state index is -0.334. The summed E-state index contributed by atoms with van der Waals surface area (Å²) in [4.78, 5) is 12.8. The van der Waals surface area contributed by atoms with E-state index in [1.54, 1.807) is 15.9 Å². The minimum absolute atomic E-state index is 0.334. The monoisotopic (exact) mass is 287 g/mol. The van der Waals surface area contributed by atoms with E-state index in [0.717, 1.165) is 24.2 Å². The summed E-state index contributed by atoms with van der Waals surface area (Å²) in [6, 6.07) is 7.93. The van der Waals surface area contributed by atoms with Gasteiger partial charge in [0, 0.05) is 24.8 Å². The molecule has 0 bridgehead atoms. The number of aromatic nitrogens is 4. The molecule has 1 aliphatic rings. The highest BCUT2D eigenvalue weighted by atomic mass is 16.2. The Hall–Kier alpha value is -2.64. The van der Waals surface area contributed by atoms with E-state index in [2.05, 4.69) is 20.8 Å². The molecule has 2 heterocycles. The number of urea groups is 1. The molecule has 0 saturated carbocycles. The molecular weight excluding hydrogens is 270 g/mol. The van der Waals surface area contributed by atoms with Crippen molar-refractivity contribution in [2.75, 3.05) is 18.4 Å². The number of likely N-dealkylation sites (tertiary alicyclic amines) is 1. The fourth-order valence-corrected chi connectivity index (χ4v) is 2.47. The van der Waals surface area contributed by atoms with E-state index in [9.17, 15) is 4.79 Å². The zero-order valence-corrected chi connectivity index (χ0v) is 11.5. The van der Waals surface area contributed by atoms with Gasteiger partial charge in [0.05, 0.1) is 5.69 Å². The van der Waals surface area contributed by atoms with Crippen LogP contribution in [-0.2, 0) is 0 Å². The maximum absolute atomic E-state index is 11.1. The van der Waals surface area contributed by atoms with Crippen LogP contribution in [0.2, 0.25) is 0 Å². The van der Waals surface area contributed by atoms with Crippen LogP contribution in [0, 0.1) is 0 Å². The molecule has 1 saturated heterocycles. The van der Waals surface area contributed by atoms with E-state index in [0.29, 0.717) is 19.1 Å². The number of nitrogens with two attached hydrogens (primary N) is 1. The first-order chi connectivity index (χ1) is 10.2. The van der Waals surface area contributed by atoms with Crippen molar-refractivity contribution in [2.45, 2.75) is 18.9 Å². The molecule has 1 fully saturated rings. The number of rotatable bonds is 3. The van der Waals surface area contributed by atoms with Crippen molar-refractivity contribution in [3.05, 3.63) is 30.6 Å². The molecule has 1 aliphatic heterocycles. The molecule has 110 valence electrons. The van der Waals surface area contributed by atoms with E-state index in [1.165, 1.54) is 0 Å². The molecule has 8 nitrogen and oxygen atoms in total. The average molecular weight is 287 g/mol. The van der Waals surface area contributed by atoms with Gasteiger partial charge in [-0.25, -0.2) is 9.48 Å². The lowest BCUT2D eigenvalue weighted by atomic mass is 10.0. The number of carbonyl (C=O) groups is 1. The molecule has 3 rings (SSSR count). The van der Waals surface area contributed by atoms with Crippen molar-refractivity contribution in [2.24, 2.45) is 5.73 Å². The Balaban J connectivity index is 1.58. The van der Waals surface area contributed by atoms with Crippen molar-refractivity contribution in [1.29, 1.82) is 0 Å². The van der Waals surface area contributed by atoms with Crippen LogP contribution >= 0.6 is 0 Å². The fourth-order valence-electron chi connectivity index (χ4n) is 2.47. The number of nitrogens with zero attached hydrogens (tertiary/aromatic N) is 5. The van der Waals surface area contributed by atoms with Gasteiger partial charge in [-0.3, -0.25) is 0 Å². The molecule has 0 radical (unpaired) electrons. The summed E-state index contributed by atoms with van der Waals surface area (Å²) in [7, 11) is 0. The molecule has 1 aromatic carbocycles. The maximum atomic E-state index is 11.1. The first kappa shape index (κ1) is 13.3. The van der Waals surface area contributed by atoms with Crippen molar-refractivity contribution < 1.29 is 4.79 Å². The first-order valence-corrected chi connectivity index (χ1v) is 6.87. The lowest BCUT2D eigenvalue weighted by Gasteiger charge is -2.31. The summed E-state index contributed by atoms with van der Waals surface area (Å²) < 4.78 is 1.61. The van der Waals surface area contributed by atoms with Gasteiger partial charge in [0.2, 0.25) is 0 Å². The summed E-state index contributed by atoms with van der Waals surface area (Å²) in [5, 5.41) is 14.5. The number of nitrogens with one attached hydrogen (secondary N) is 1. The third kappa shape index (κ3) is 3.10. The SMILES string of the molecule is NC(=O)N1CCC(Nc2ccc(-n3cnnn3)cc2)CC1. The summed E-state index contributed by atoms with van der Waals surface area (Å²) in [6.07, 6.45) is 3.36. The largest absolute Gasteiger partial charge is 0.382 e. The topological polar surface area (TPSA) is 102 Å². The van der Waals surface area contributed by atoms with Crippen LogP contribution in [0.1, 0.15) is 12.8 Å². The Morgan fingerprint density at radius 3 is 2.52 bits per heavy atom. The molecular formula is C13H17N7O. The molecule has 0 atom stereocenters. The summed E-state index contributed by atoms with van der Waals surface area (Å²) in [6.45, 7) is 1.41. The Morgan fingerprint density at radius 1 is 1.24 bits per heavy atom. The van der Waals surface area contributed by atoms with Gasteiger partial charge in [0.25, 0.3) is 0 Å². The van der Waals surface area contributed by atoms with Gasteiger partial charge in [-0.05, 0) is 47.5 Å². The predicted octanol–water partition coefficient (Wildman–Crippen LogP) is 0.617. The molecule has 8 heteroatoms. The van der Waals surface area contributed by atoms with Gasteiger partial charge in [-0.2, -0.15) is 0 Å². The number of carbonyl (C=O) groups excluding carboxylic acids is 1. The van der Waals surface area contributed by atoms with Crippen molar-refractivity contribution >= 4 is 11.7 Å². The van der Waals surface area contributed by atoms with Crippen molar-refractivity contribution in [3.63, 3.8) is 0 Å². The van der Waals surface area contributed by atoms with Gasteiger partial charge in [0.15, 0.2) is 0 Å². The number of tetrazole rings is 1. The van der Waals surface area contributed by atoms with Crippen LogP contribution in [0.5, 0.6) is 0 Å². The molecule has 2 aromatic rings. The first-order valence-electron chi connectivity index (χ1n) is 6.87. The molecule has 0 unspecified atom stereocenters. The lowest BCUT2D eigenvalue weighted by Crippen LogP contribution is -2.44. The molecule has 2 amide bonds. The van der Waals surface area contributed by atoms with Crippen LogP contribution in [0.25, 0.3) is 5.69 Å². The van der Waals surface area contributed by atoms with Crippen LogP contribution in [0.4, 0.5) is 10.5 Å². The number of primary amides is 1.